The quantitative estimate of drug-likeness (QED) is 0.120. The van der Waals surface area contributed by atoms with Crippen molar-refractivity contribution in [3.05, 3.63) is 133 Å². The van der Waals surface area contributed by atoms with Crippen LogP contribution in [-0.2, 0) is 13.2 Å². The van der Waals surface area contributed by atoms with Crippen molar-refractivity contribution in [2.45, 2.75) is 27.1 Å². The monoisotopic (exact) mass is 665 g/mol. The van der Waals surface area contributed by atoms with Crippen LogP contribution in [0, 0.1) is 13.8 Å². The molecule has 5 aromatic rings. The van der Waals surface area contributed by atoms with E-state index in [0.717, 1.165) is 21.3 Å². The molecule has 0 spiro atoms. The summed E-state index contributed by atoms with van der Waals surface area (Å²) in [4.78, 5) is 12.5. The number of aromatic nitrogens is 1. The van der Waals surface area contributed by atoms with Crippen molar-refractivity contribution in [1.29, 1.82) is 0 Å². The number of amides is 1. The SMILES string of the molecule is Cc1ccc(C)n1-c1ccc(OCc2ccc(C(=O)N/N=C/c3ccc(OCc4ccc(Cl)c(Cl)c4)c(Br)c3)o2)cc1. The fourth-order valence-corrected chi connectivity index (χ4v) is 5.06. The molecule has 0 radical (unpaired) electrons. The average Bonchev–Trinajstić information content (AvgIpc) is 3.59. The maximum atomic E-state index is 12.5. The van der Waals surface area contributed by atoms with Gasteiger partial charge < -0.3 is 18.5 Å². The molecule has 2 heterocycles. The molecule has 0 aliphatic rings. The fourth-order valence-electron chi connectivity index (χ4n) is 4.22. The van der Waals surface area contributed by atoms with Gasteiger partial charge in [-0.15, -0.1) is 0 Å². The summed E-state index contributed by atoms with van der Waals surface area (Å²) in [7, 11) is 0. The number of nitrogens with zero attached hydrogens (tertiary/aromatic N) is 2. The average molecular weight is 667 g/mol. The highest BCUT2D eigenvalue weighted by Crippen LogP contribution is 2.28. The first kappa shape index (κ1) is 29.5. The summed E-state index contributed by atoms with van der Waals surface area (Å²) >= 11 is 15.5. The molecule has 7 nitrogen and oxygen atoms in total. The summed E-state index contributed by atoms with van der Waals surface area (Å²) in [5.74, 6) is 1.53. The van der Waals surface area contributed by atoms with Gasteiger partial charge in [0, 0.05) is 17.1 Å². The minimum Gasteiger partial charge on any atom is -0.488 e. The fraction of sp³-hybridized carbons (Fsp3) is 0.125. The van der Waals surface area contributed by atoms with Gasteiger partial charge in [-0.1, -0.05) is 29.3 Å². The Morgan fingerprint density at radius 1 is 0.905 bits per heavy atom. The van der Waals surface area contributed by atoms with Crippen molar-refractivity contribution in [3.8, 4) is 17.2 Å². The maximum Gasteiger partial charge on any atom is 0.307 e. The highest BCUT2D eigenvalue weighted by molar-refractivity contribution is 9.10. The minimum atomic E-state index is -0.472. The van der Waals surface area contributed by atoms with E-state index in [0.29, 0.717) is 33.9 Å². The number of hydrogen-bond acceptors (Lipinski definition) is 5. The first-order chi connectivity index (χ1) is 20.3. The Morgan fingerprint density at radius 3 is 2.38 bits per heavy atom. The Labute approximate surface area is 261 Å². The molecule has 0 unspecified atom stereocenters. The van der Waals surface area contributed by atoms with Gasteiger partial charge in [0.25, 0.3) is 0 Å². The number of halogens is 3. The number of nitrogens with one attached hydrogen (secondary N) is 1. The van der Waals surface area contributed by atoms with Crippen LogP contribution in [0.1, 0.15) is 38.8 Å². The van der Waals surface area contributed by atoms with Crippen LogP contribution < -0.4 is 14.9 Å². The van der Waals surface area contributed by atoms with Crippen molar-refractivity contribution in [2.24, 2.45) is 5.10 Å². The lowest BCUT2D eigenvalue weighted by molar-refractivity contribution is 0.0923. The van der Waals surface area contributed by atoms with Gasteiger partial charge in [-0.05, 0) is 120 Å². The summed E-state index contributed by atoms with van der Waals surface area (Å²) < 4.78 is 20.3. The molecule has 5 rings (SSSR count). The Hall–Kier alpha value is -3.98. The van der Waals surface area contributed by atoms with Crippen LogP contribution in [0.25, 0.3) is 5.69 Å². The number of benzene rings is 3. The second-order valence-electron chi connectivity index (χ2n) is 9.43. The first-order valence-corrected chi connectivity index (χ1v) is 14.5. The lowest BCUT2D eigenvalue weighted by atomic mass is 10.2. The molecule has 0 saturated carbocycles. The molecule has 0 bridgehead atoms. The molecule has 2 aromatic heterocycles. The normalized spacial score (nSPS) is 11.2. The molecule has 42 heavy (non-hydrogen) atoms. The van der Waals surface area contributed by atoms with Gasteiger partial charge in [0.15, 0.2) is 5.76 Å². The van der Waals surface area contributed by atoms with Crippen molar-refractivity contribution >= 4 is 51.3 Å². The summed E-state index contributed by atoms with van der Waals surface area (Å²) in [6.07, 6.45) is 1.53. The van der Waals surface area contributed by atoms with Gasteiger partial charge in [-0.2, -0.15) is 5.10 Å². The zero-order valence-corrected chi connectivity index (χ0v) is 25.8. The number of furan rings is 1. The van der Waals surface area contributed by atoms with Crippen molar-refractivity contribution < 1.29 is 18.7 Å². The summed E-state index contributed by atoms with van der Waals surface area (Å²) in [6, 6.07) is 26.1. The van der Waals surface area contributed by atoms with Gasteiger partial charge in [0.1, 0.15) is 30.5 Å². The topological polar surface area (TPSA) is 78.0 Å². The molecule has 0 saturated heterocycles. The smallest absolute Gasteiger partial charge is 0.307 e. The van der Waals surface area contributed by atoms with Gasteiger partial charge in [-0.3, -0.25) is 4.79 Å². The third-order valence-corrected chi connectivity index (χ3v) is 7.71. The minimum absolute atomic E-state index is 0.131. The zero-order chi connectivity index (χ0) is 29.6. The van der Waals surface area contributed by atoms with E-state index in [4.69, 9.17) is 37.1 Å². The molecular formula is C32H26BrCl2N3O4. The number of ether oxygens (including phenoxy) is 2. The Morgan fingerprint density at radius 2 is 1.67 bits per heavy atom. The van der Waals surface area contributed by atoms with Gasteiger partial charge in [0.05, 0.1) is 20.7 Å². The summed E-state index contributed by atoms with van der Waals surface area (Å²) in [6.45, 7) is 4.66. The molecule has 0 atom stereocenters. The van der Waals surface area contributed by atoms with E-state index in [1.54, 1.807) is 30.3 Å². The second kappa shape index (κ2) is 13.3. The maximum absolute atomic E-state index is 12.5. The van der Waals surface area contributed by atoms with E-state index < -0.39 is 5.91 Å². The molecule has 1 N–H and O–H groups in total. The van der Waals surface area contributed by atoms with E-state index >= 15 is 0 Å². The standard InChI is InChI=1S/C32H26BrCl2N3O4/c1-20-3-4-21(2)38(20)24-7-9-25(10-8-24)40-19-26-11-14-31(42-26)32(39)37-36-17-22-6-13-30(27(33)15-22)41-18-23-5-12-28(34)29(35)16-23/h3-17H,18-19H2,1-2H3,(H,37,39)/b36-17+. The Bertz CT molecular complexity index is 1730. The summed E-state index contributed by atoms with van der Waals surface area (Å²) in [5.41, 5.74) is 7.53. The number of rotatable bonds is 10. The molecule has 0 fully saturated rings. The van der Waals surface area contributed by atoms with Crippen molar-refractivity contribution in [2.75, 3.05) is 0 Å². The van der Waals surface area contributed by atoms with E-state index in [2.05, 4.69) is 57.0 Å². The molecule has 0 aliphatic heterocycles. The molecular weight excluding hydrogens is 641 g/mol. The molecule has 1 amide bonds. The largest absolute Gasteiger partial charge is 0.488 e. The van der Waals surface area contributed by atoms with Crippen LogP contribution in [0.15, 0.2) is 98.9 Å². The first-order valence-electron chi connectivity index (χ1n) is 12.9. The van der Waals surface area contributed by atoms with Crippen molar-refractivity contribution in [1.82, 2.24) is 9.99 Å². The highest BCUT2D eigenvalue weighted by atomic mass is 79.9. The van der Waals surface area contributed by atoms with Crippen LogP contribution in [0.3, 0.4) is 0 Å². The lowest BCUT2D eigenvalue weighted by Crippen LogP contribution is -2.16. The third-order valence-electron chi connectivity index (χ3n) is 6.35. The van der Waals surface area contributed by atoms with Crippen LogP contribution in [0.2, 0.25) is 10.0 Å². The second-order valence-corrected chi connectivity index (χ2v) is 11.1. The van der Waals surface area contributed by atoms with Crippen molar-refractivity contribution in [3.63, 3.8) is 0 Å². The molecule has 214 valence electrons. The van der Waals surface area contributed by atoms with E-state index in [-0.39, 0.29) is 12.4 Å². The Kier molecular flexibility index (Phi) is 9.37. The van der Waals surface area contributed by atoms with Gasteiger partial charge in [-0.25, -0.2) is 5.43 Å². The van der Waals surface area contributed by atoms with E-state index in [9.17, 15) is 4.79 Å². The van der Waals surface area contributed by atoms with Crippen LogP contribution >= 0.6 is 39.1 Å². The third kappa shape index (κ3) is 7.26. The van der Waals surface area contributed by atoms with Crippen LogP contribution in [-0.4, -0.2) is 16.7 Å². The number of carbonyl (C=O) groups is 1. The van der Waals surface area contributed by atoms with Gasteiger partial charge in [0.2, 0.25) is 0 Å². The number of hydrazone groups is 1. The molecule has 3 aromatic carbocycles. The van der Waals surface area contributed by atoms with Crippen LogP contribution in [0.4, 0.5) is 0 Å². The van der Waals surface area contributed by atoms with E-state index in [1.807, 2.05) is 42.5 Å². The van der Waals surface area contributed by atoms with Gasteiger partial charge >= 0.3 is 5.91 Å². The van der Waals surface area contributed by atoms with Crippen LogP contribution in [0.5, 0.6) is 11.5 Å². The number of carbonyl (C=O) groups excluding carboxylic acids is 1. The Balaban J connectivity index is 1.10. The number of hydrogen-bond donors (Lipinski definition) is 1. The molecule has 10 heteroatoms. The molecule has 0 aliphatic carbocycles. The predicted octanol–water partition coefficient (Wildman–Crippen LogP) is 8.68. The highest BCUT2D eigenvalue weighted by Gasteiger charge is 2.12. The zero-order valence-electron chi connectivity index (χ0n) is 22.7. The lowest BCUT2D eigenvalue weighted by Gasteiger charge is -2.10. The van der Waals surface area contributed by atoms with E-state index in [1.165, 1.54) is 17.6 Å². The predicted molar refractivity (Wildman–Crippen MR) is 168 cm³/mol. The summed E-state index contributed by atoms with van der Waals surface area (Å²) in [5, 5.41) is 5.01. The number of aryl methyl sites for hydroxylation is 2.